The van der Waals surface area contributed by atoms with Gasteiger partial charge in [-0.2, -0.15) is 0 Å². The molecule has 0 spiro atoms. The normalized spacial score (nSPS) is 26.7. The highest BCUT2D eigenvalue weighted by atomic mass is 79.9. The minimum Gasteiger partial charge on any atom is -0.480 e. The average Bonchev–Trinajstić information content (AvgIpc) is 2.74. The van der Waals surface area contributed by atoms with Crippen molar-refractivity contribution in [2.24, 2.45) is 0 Å². The molecule has 0 saturated carbocycles. The molecule has 3 rings (SSSR count). The molecule has 2 aliphatic heterocycles. The van der Waals surface area contributed by atoms with Gasteiger partial charge in [-0.25, -0.2) is 4.79 Å². The Kier molecular flexibility index (Phi) is 2.21. The lowest BCUT2D eigenvalue weighted by Crippen LogP contribution is -2.38. The van der Waals surface area contributed by atoms with Gasteiger partial charge in [0.1, 0.15) is 6.04 Å². The quantitative estimate of drug-likeness (QED) is 0.860. The molecule has 84 valence electrons. The van der Waals surface area contributed by atoms with E-state index < -0.39 is 5.97 Å². The Labute approximate surface area is 102 Å². The van der Waals surface area contributed by atoms with Crippen LogP contribution in [-0.2, 0) is 11.2 Å². The van der Waals surface area contributed by atoms with Crippen molar-refractivity contribution in [3.8, 4) is 0 Å². The number of hydrogen-bond acceptors (Lipinski definition) is 2. The van der Waals surface area contributed by atoms with Crippen molar-refractivity contribution in [2.75, 3.05) is 4.90 Å². The van der Waals surface area contributed by atoms with E-state index in [9.17, 15) is 9.90 Å². The monoisotopic (exact) mass is 281 g/mol. The minimum absolute atomic E-state index is 0.326. The molecule has 0 bridgehead atoms. The maximum atomic E-state index is 11.2. The van der Waals surface area contributed by atoms with E-state index in [0.29, 0.717) is 6.04 Å². The van der Waals surface area contributed by atoms with Crippen molar-refractivity contribution in [3.63, 3.8) is 0 Å². The van der Waals surface area contributed by atoms with E-state index >= 15 is 0 Å². The van der Waals surface area contributed by atoms with Crippen LogP contribution in [0.3, 0.4) is 0 Å². The van der Waals surface area contributed by atoms with Crippen LogP contribution in [0, 0.1) is 0 Å². The molecule has 2 unspecified atom stereocenters. The smallest absolute Gasteiger partial charge is 0.326 e. The first-order valence-corrected chi connectivity index (χ1v) is 6.25. The van der Waals surface area contributed by atoms with Gasteiger partial charge in [0.25, 0.3) is 0 Å². The summed E-state index contributed by atoms with van der Waals surface area (Å²) in [6.45, 7) is 0. The van der Waals surface area contributed by atoms with Crippen LogP contribution in [0.4, 0.5) is 5.69 Å². The Morgan fingerprint density at radius 2 is 2.25 bits per heavy atom. The predicted molar refractivity (Wildman–Crippen MR) is 64.8 cm³/mol. The second-order valence-corrected chi connectivity index (χ2v) is 5.39. The standard InChI is InChI=1S/C12H12BrNO2/c13-8-1-3-10-7(5-8)6-9-2-4-11(12(15)16)14(9)10/h1,3,5,9,11H,2,4,6H2,(H,15,16). The zero-order chi connectivity index (χ0) is 11.3. The molecule has 2 atom stereocenters. The lowest BCUT2D eigenvalue weighted by atomic mass is 10.1. The van der Waals surface area contributed by atoms with Crippen LogP contribution in [-0.4, -0.2) is 23.2 Å². The van der Waals surface area contributed by atoms with Gasteiger partial charge in [-0.05, 0) is 43.0 Å². The Morgan fingerprint density at radius 1 is 1.44 bits per heavy atom. The van der Waals surface area contributed by atoms with Crippen LogP contribution in [0.2, 0.25) is 0 Å². The lowest BCUT2D eigenvalue weighted by Gasteiger charge is -2.24. The molecule has 0 radical (unpaired) electrons. The van der Waals surface area contributed by atoms with Crippen molar-refractivity contribution < 1.29 is 9.90 Å². The van der Waals surface area contributed by atoms with Gasteiger partial charge < -0.3 is 10.0 Å². The summed E-state index contributed by atoms with van der Waals surface area (Å²) in [7, 11) is 0. The fourth-order valence-corrected chi connectivity index (χ4v) is 3.32. The molecule has 1 N–H and O–H groups in total. The second kappa shape index (κ2) is 3.48. The fraction of sp³-hybridized carbons (Fsp3) is 0.417. The molecule has 4 heteroatoms. The maximum Gasteiger partial charge on any atom is 0.326 e. The SMILES string of the molecule is O=C(O)C1CCC2Cc3cc(Br)ccc3N21. The molecule has 16 heavy (non-hydrogen) atoms. The number of carbonyl (C=O) groups is 1. The third kappa shape index (κ3) is 1.36. The van der Waals surface area contributed by atoms with E-state index in [0.717, 1.165) is 29.4 Å². The number of halogens is 1. The van der Waals surface area contributed by atoms with Crippen LogP contribution >= 0.6 is 15.9 Å². The number of fused-ring (bicyclic) bond motifs is 3. The summed E-state index contributed by atoms with van der Waals surface area (Å²) in [5.41, 5.74) is 2.38. The van der Waals surface area contributed by atoms with E-state index in [4.69, 9.17) is 0 Å². The number of rotatable bonds is 1. The van der Waals surface area contributed by atoms with Gasteiger partial charge >= 0.3 is 5.97 Å². The number of carboxylic acid groups (broad SMARTS) is 1. The molecule has 1 fully saturated rings. The molecular weight excluding hydrogens is 270 g/mol. The topological polar surface area (TPSA) is 40.5 Å². The number of anilines is 1. The van der Waals surface area contributed by atoms with Gasteiger partial charge in [0, 0.05) is 16.2 Å². The Morgan fingerprint density at radius 3 is 3.00 bits per heavy atom. The average molecular weight is 282 g/mol. The molecule has 3 nitrogen and oxygen atoms in total. The Balaban J connectivity index is 2.03. The molecule has 2 aliphatic rings. The third-order valence-electron chi connectivity index (χ3n) is 3.56. The zero-order valence-electron chi connectivity index (χ0n) is 8.69. The molecular formula is C12H12BrNO2. The van der Waals surface area contributed by atoms with Gasteiger partial charge in [-0.1, -0.05) is 15.9 Å². The van der Waals surface area contributed by atoms with Crippen LogP contribution in [0.15, 0.2) is 22.7 Å². The number of carboxylic acids is 1. The van der Waals surface area contributed by atoms with Crippen LogP contribution in [0.25, 0.3) is 0 Å². The molecule has 0 aromatic heterocycles. The fourth-order valence-electron chi connectivity index (χ4n) is 2.91. The number of benzene rings is 1. The van der Waals surface area contributed by atoms with E-state index in [1.54, 1.807) is 0 Å². The summed E-state index contributed by atoms with van der Waals surface area (Å²) in [6.07, 6.45) is 2.75. The van der Waals surface area contributed by atoms with E-state index in [1.165, 1.54) is 5.56 Å². The van der Waals surface area contributed by atoms with Gasteiger partial charge in [0.05, 0.1) is 0 Å². The summed E-state index contributed by atoms with van der Waals surface area (Å²) in [5.74, 6) is -0.696. The van der Waals surface area contributed by atoms with Gasteiger partial charge in [0.2, 0.25) is 0 Å². The first kappa shape index (κ1) is 10.1. The maximum absolute atomic E-state index is 11.2. The highest BCUT2D eigenvalue weighted by molar-refractivity contribution is 9.10. The highest BCUT2D eigenvalue weighted by Gasteiger charge is 2.42. The Bertz CT molecular complexity index is 460. The zero-order valence-corrected chi connectivity index (χ0v) is 10.3. The molecule has 2 heterocycles. The lowest BCUT2D eigenvalue weighted by molar-refractivity contribution is -0.138. The van der Waals surface area contributed by atoms with Crippen molar-refractivity contribution in [2.45, 2.75) is 31.3 Å². The highest BCUT2D eigenvalue weighted by Crippen LogP contribution is 2.41. The third-order valence-corrected chi connectivity index (χ3v) is 4.06. The van der Waals surface area contributed by atoms with Crippen molar-refractivity contribution in [1.82, 2.24) is 0 Å². The summed E-state index contributed by atoms with van der Waals surface area (Å²) < 4.78 is 1.07. The molecule has 1 aromatic carbocycles. The molecule has 1 saturated heterocycles. The molecule has 0 amide bonds. The van der Waals surface area contributed by atoms with Crippen molar-refractivity contribution >= 4 is 27.6 Å². The van der Waals surface area contributed by atoms with E-state index in [-0.39, 0.29) is 6.04 Å². The summed E-state index contributed by atoms with van der Waals surface area (Å²) >= 11 is 3.45. The number of nitrogens with zero attached hydrogens (tertiary/aromatic N) is 1. The van der Waals surface area contributed by atoms with Crippen molar-refractivity contribution in [3.05, 3.63) is 28.2 Å². The predicted octanol–water partition coefficient (Wildman–Crippen LogP) is 2.43. The summed E-state index contributed by atoms with van der Waals surface area (Å²) in [6, 6.07) is 6.18. The number of hydrogen-bond donors (Lipinski definition) is 1. The molecule has 0 aliphatic carbocycles. The Hall–Kier alpha value is -1.03. The van der Waals surface area contributed by atoms with Crippen LogP contribution in [0.5, 0.6) is 0 Å². The van der Waals surface area contributed by atoms with E-state index in [2.05, 4.69) is 26.9 Å². The summed E-state index contributed by atoms with van der Waals surface area (Å²) in [5, 5.41) is 9.19. The summed E-state index contributed by atoms with van der Waals surface area (Å²) in [4.78, 5) is 13.3. The number of aliphatic carboxylic acids is 1. The van der Waals surface area contributed by atoms with Crippen LogP contribution < -0.4 is 4.90 Å². The largest absolute Gasteiger partial charge is 0.480 e. The first-order chi connectivity index (χ1) is 7.66. The van der Waals surface area contributed by atoms with Gasteiger partial charge in [-0.15, -0.1) is 0 Å². The first-order valence-electron chi connectivity index (χ1n) is 5.46. The van der Waals surface area contributed by atoms with Gasteiger partial charge in [0.15, 0.2) is 0 Å². The minimum atomic E-state index is -0.696. The molecule has 1 aromatic rings. The van der Waals surface area contributed by atoms with Crippen LogP contribution in [0.1, 0.15) is 18.4 Å². The van der Waals surface area contributed by atoms with E-state index in [1.807, 2.05) is 12.1 Å². The second-order valence-electron chi connectivity index (χ2n) is 4.47. The van der Waals surface area contributed by atoms with Gasteiger partial charge in [-0.3, -0.25) is 0 Å². The van der Waals surface area contributed by atoms with Crippen molar-refractivity contribution in [1.29, 1.82) is 0 Å².